The standard InChI is InChI=1S/C16H18ClN3O2S/c1-20(2)14(11-7-8-23-10-11)9-18-15(21)16(22)19-13-6-4-3-5-12(13)17/h3-8,10,14H,9H2,1-2H3,(H,18,21)(H,19,22). The molecular weight excluding hydrogens is 334 g/mol. The number of amides is 2. The lowest BCUT2D eigenvalue weighted by molar-refractivity contribution is -0.136. The lowest BCUT2D eigenvalue weighted by Gasteiger charge is -2.23. The Labute approximate surface area is 144 Å². The maximum absolute atomic E-state index is 12.0. The fourth-order valence-electron chi connectivity index (χ4n) is 2.07. The van der Waals surface area contributed by atoms with Crippen LogP contribution in [-0.4, -0.2) is 37.4 Å². The smallest absolute Gasteiger partial charge is 0.313 e. The average molecular weight is 352 g/mol. The first-order valence-electron chi connectivity index (χ1n) is 7.01. The molecule has 1 aromatic heterocycles. The number of hydrogen-bond acceptors (Lipinski definition) is 4. The SMILES string of the molecule is CN(C)C(CNC(=O)C(=O)Nc1ccccc1Cl)c1ccsc1. The number of nitrogens with one attached hydrogen (secondary N) is 2. The van der Waals surface area contributed by atoms with Crippen molar-refractivity contribution in [2.75, 3.05) is 26.0 Å². The first-order chi connectivity index (χ1) is 11.0. The van der Waals surface area contributed by atoms with Gasteiger partial charge in [-0.2, -0.15) is 11.3 Å². The Balaban J connectivity index is 1.93. The summed E-state index contributed by atoms with van der Waals surface area (Å²) in [5.41, 5.74) is 1.52. The maximum Gasteiger partial charge on any atom is 0.313 e. The molecule has 0 aliphatic carbocycles. The number of benzene rings is 1. The second-order valence-electron chi connectivity index (χ2n) is 5.18. The van der Waals surface area contributed by atoms with Crippen LogP contribution >= 0.6 is 22.9 Å². The molecule has 0 bridgehead atoms. The molecular formula is C16H18ClN3O2S. The van der Waals surface area contributed by atoms with Crippen LogP contribution in [0, 0.1) is 0 Å². The van der Waals surface area contributed by atoms with Crippen LogP contribution in [0.15, 0.2) is 41.1 Å². The predicted octanol–water partition coefficient (Wildman–Crippen LogP) is 2.76. The van der Waals surface area contributed by atoms with E-state index < -0.39 is 11.8 Å². The summed E-state index contributed by atoms with van der Waals surface area (Å²) in [5.74, 6) is -1.42. The number of nitrogens with zero attached hydrogens (tertiary/aromatic N) is 1. The average Bonchev–Trinajstić information content (AvgIpc) is 3.03. The highest BCUT2D eigenvalue weighted by Gasteiger charge is 2.19. The fourth-order valence-corrected chi connectivity index (χ4v) is 2.96. The Morgan fingerprint density at radius 1 is 1.22 bits per heavy atom. The third-order valence-corrected chi connectivity index (χ3v) is 4.37. The van der Waals surface area contributed by atoms with Crippen LogP contribution in [0.2, 0.25) is 5.02 Å². The van der Waals surface area contributed by atoms with Crippen molar-refractivity contribution in [3.63, 3.8) is 0 Å². The zero-order valence-corrected chi connectivity index (χ0v) is 14.4. The first-order valence-corrected chi connectivity index (χ1v) is 8.33. The lowest BCUT2D eigenvalue weighted by Crippen LogP contribution is -2.40. The van der Waals surface area contributed by atoms with E-state index in [0.717, 1.165) is 5.56 Å². The number of thiophene rings is 1. The molecule has 2 aromatic rings. The molecule has 0 aliphatic rings. The highest BCUT2D eigenvalue weighted by molar-refractivity contribution is 7.08. The van der Waals surface area contributed by atoms with Gasteiger partial charge in [0, 0.05) is 6.54 Å². The van der Waals surface area contributed by atoms with Crippen molar-refractivity contribution in [3.05, 3.63) is 51.7 Å². The summed E-state index contributed by atoms with van der Waals surface area (Å²) in [4.78, 5) is 25.9. The second-order valence-corrected chi connectivity index (χ2v) is 6.37. The van der Waals surface area contributed by atoms with E-state index in [-0.39, 0.29) is 6.04 Å². The minimum Gasteiger partial charge on any atom is -0.346 e. The highest BCUT2D eigenvalue weighted by atomic mass is 35.5. The van der Waals surface area contributed by atoms with Crippen molar-refractivity contribution in [2.24, 2.45) is 0 Å². The van der Waals surface area contributed by atoms with Gasteiger partial charge in [0.25, 0.3) is 0 Å². The van der Waals surface area contributed by atoms with Crippen LogP contribution in [0.3, 0.4) is 0 Å². The van der Waals surface area contributed by atoms with Gasteiger partial charge in [0.2, 0.25) is 0 Å². The Hall–Kier alpha value is -1.89. The summed E-state index contributed by atoms with van der Waals surface area (Å²) in [7, 11) is 3.86. The van der Waals surface area contributed by atoms with E-state index in [1.165, 1.54) is 0 Å². The summed E-state index contributed by atoms with van der Waals surface area (Å²) in [5, 5.41) is 9.56. The molecule has 5 nitrogen and oxygen atoms in total. The number of carbonyl (C=O) groups excluding carboxylic acids is 2. The van der Waals surface area contributed by atoms with E-state index in [0.29, 0.717) is 17.3 Å². The van der Waals surface area contributed by atoms with E-state index in [4.69, 9.17) is 11.6 Å². The van der Waals surface area contributed by atoms with E-state index in [1.54, 1.807) is 35.6 Å². The molecule has 0 spiro atoms. The molecule has 1 unspecified atom stereocenters. The zero-order valence-electron chi connectivity index (χ0n) is 12.9. The number of carbonyl (C=O) groups is 2. The minimum absolute atomic E-state index is 0.0123. The van der Waals surface area contributed by atoms with Crippen molar-refractivity contribution < 1.29 is 9.59 Å². The van der Waals surface area contributed by atoms with Gasteiger partial charge in [-0.25, -0.2) is 0 Å². The number of anilines is 1. The van der Waals surface area contributed by atoms with Gasteiger partial charge in [0.15, 0.2) is 0 Å². The van der Waals surface area contributed by atoms with Gasteiger partial charge in [-0.15, -0.1) is 0 Å². The molecule has 1 aromatic carbocycles. The molecule has 0 radical (unpaired) electrons. The quantitative estimate of drug-likeness (QED) is 0.814. The molecule has 2 N–H and O–H groups in total. The number of likely N-dealkylation sites (N-methyl/N-ethyl adjacent to an activating group) is 1. The van der Waals surface area contributed by atoms with Gasteiger partial charge >= 0.3 is 11.8 Å². The predicted molar refractivity (Wildman–Crippen MR) is 93.8 cm³/mol. The van der Waals surface area contributed by atoms with Gasteiger partial charge < -0.3 is 15.5 Å². The Morgan fingerprint density at radius 2 is 1.96 bits per heavy atom. The summed E-state index contributed by atoms with van der Waals surface area (Å²) >= 11 is 7.55. The van der Waals surface area contributed by atoms with E-state index >= 15 is 0 Å². The maximum atomic E-state index is 12.0. The monoisotopic (exact) mass is 351 g/mol. The van der Waals surface area contributed by atoms with Gasteiger partial charge in [0.05, 0.1) is 16.8 Å². The number of rotatable bonds is 5. The van der Waals surface area contributed by atoms with E-state index in [9.17, 15) is 9.59 Å². The van der Waals surface area contributed by atoms with Crippen LogP contribution in [0.4, 0.5) is 5.69 Å². The van der Waals surface area contributed by atoms with Crippen molar-refractivity contribution >= 4 is 40.4 Å². The number of hydrogen-bond donors (Lipinski definition) is 2. The third-order valence-electron chi connectivity index (χ3n) is 3.34. The molecule has 0 saturated heterocycles. The van der Waals surface area contributed by atoms with Crippen molar-refractivity contribution in [1.29, 1.82) is 0 Å². The molecule has 1 heterocycles. The van der Waals surface area contributed by atoms with Crippen molar-refractivity contribution in [3.8, 4) is 0 Å². The van der Waals surface area contributed by atoms with Crippen LogP contribution in [0.5, 0.6) is 0 Å². The third kappa shape index (κ3) is 4.79. The molecule has 2 amide bonds. The molecule has 2 rings (SSSR count). The minimum atomic E-state index is -0.735. The van der Waals surface area contributed by atoms with Crippen LogP contribution in [-0.2, 0) is 9.59 Å². The largest absolute Gasteiger partial charge is 0.346 e. The molecule has 0 fully saturated rings. The van der Waals surface area contributed by atoms with Crippen molar-refractivity contribution in [1.82, 2.24) is 10.2 Å². The molecule has 0 aliphatic heterocycles. The van der Waals surface area contributed by atoms with Gasteiger partial charge in [-0.05, 0) is 48.6 Å². The number of halogens is 1. The molecule has 0 saturated carbocycles. The Kier molecular flexibility index (Phi) is 6.15. The zero-order chi connectivity index (χ0) is 16.8. The van der Waals surface area contributed by atoms with Crippen LogP contribution in [0.25, 0.3) is 0 Å². The summed E-state index contributed by atoms with van der Waals surface area (Å²) in [6.45, 7) is 0.346. The first kappa shape index (κ1) is 17.5. The van der Waals surface area contributed by atoms with Crippen molar-refractivity contribution in [2.45, 2.75) is 6.04 Å². The second kappa shape index (κ2) is 8.10. The van der Waals surface area contributed by atoms with Gasteiger partial charge in [-0.3, -0.25) is 9.59 Å². The van der Waals surface area contributed by atoms with Crippen LogP contribution in [0.1, 0.15) is 11.6 Å². The van der Waals surface area contributed by atoms with Gasteiger partial charge in [0.1, 0.15) is 0 Å². The molecule has 122 valence electrons. The Bertz CT molecular complexity index is 674. The number of para-hydroxylation sites is 1. The summed E-state index contributed by atoms with van der Waals surface area (Å²) in [6, 6.07) is 8.79. The molecule has 1 atom stereocenters. The lowest BCUT2D eigenvalue weighted by atomic mass is 10.1. The Morgan fingerprint density at radius 3 is 2.57 bits per heavy atom. The topological polar surface area (TPSA) is 61.4 Å². The van der Waals surface area contributed by atoms with Crippen LogP contribution < -0.4 is 10.6 Å². The highest BCUT2D eigenvalue weighted by Crippen LogP contribution is 2.21. The summed E-state index contributed by atoms with van der Waals surface area (Å²) < 4.78 is 0. The molecule has 7 heteroatoms. The normalized spacial score (nSPS) is 12.0. The van der Waals surface area contributed by atoms with E-state index in [1.807, 2.05) is 35.8 Å². The fraction of sp³-hybridized carbons (Fsp3) is 0.250. The summed E-state index contributed by atoms with van der Waals surface area (Å²) in [6.07, 6.45) is 0. The molecule has 23 heavy (non-hydrogen) atoms. The van der Waals surface area contributed by atoms with Gasteiger partial charge in [-0.1, -0.05) is 23.7 Å². The van der Waals surface area contributed by atoms with E-state index in [2.05, 4.69) is 10.6 Å².